The van der Waals surface area contributed by atoms with Crippen LogP contribution in [0, 0.1) is 30.2 Å². The molecule has 0 saturated carbocycles. The van der Waals surface area contributed by atoms with Crippen molar-refractivity contribution < 1.29 is 31.6 Å². The van der Waals surface area contributed by atoms with Crippen LogP contribution in [0.25, 0.3) is 11.5 Å². The van der Waals surface area contributed by atoms with Crippen LogP contribution in [0.3, 0.4) is 0 Å². The molecule has 0 atom stereocenters. The van der Waals surface area contributed by atoms with Crippen molar-refractivity contribution in [1.82, 2.24) is 15.2 Å². The summed E-state index contributed by atoms with van der Waals surface area (Å²) < 4.78 is 60.2. The van der Waals surface area contributed by atoms with Crippen LogP contribution in [0.4, 0.5) is 28.0 Å². The van der Waals surface area contributed by atoms with Gasteiger partial charge in [0.15, 0.2) is 0 Å². The smallest absolute Gasteiger partial charge is 0.324 e. The summed E-state index contributed by atoms with van der Waals surface area (Å²) in [6.07, 6.45) is 0. The van der Waals surface area contributed by atoms with Crippen molar-refractivity contribution >= 4 is 17.6 Å². The van der Waals surface area contributed by atoms with E-state index in [0.717, 1.165) is 5.56 Å². The van der Waals surface area contributed by atoms with Crippen LogP contribution >= 0.6 is 0 Å². The Morgan fingerprint density at radius 1 is 1.00 bits per heavy atom. The number of urea groups is 1. The monoisotopic (exact) mass is 538 g/mol. The summed E-state index contributed by atoms with van der Waals surface area (Å²) in [6, 6.07) is 11.2. The van der Waals surface area contributed by atoms with Gasteiger partial charge in [0, 0.05) is 49.0 Å². The molecule has 1 aliphatic rings. The molecule has 1 aromatic heterocycles. The number of nitrogens with one attached hydrogen (secondary N) is 1. The fourth-order valence-electron chi connectivity index (χ4n) is 4.33. The zero-order valence-electron chi connectivity index (χ0n) is 20.9. The van der Waals surface area contributed by atoms with Gasteiger partial charge in [-0.3, -0.25) is 9.69 Å². The second-order valence-corrected chi connectivity index (χ2v) is 9.13. The molecule has 0 aliphatic carbocycles. The van der Waals surface area contributed by atoms with Gasteiger partial charge in [-0.15, -0.1) is 0 Å². The molecular weight excluding hydrogens is 516 g/mol. The molecule has 1 aliphatic heterocycles. The normalized spacial score (nSPS) is 13.0. The number of hydrogen-bond donors (Lipinski definition) is 1. The van der Waals surface area contributed by atoms with Crippen LogP contribution in [-0.2, 0) is 19.6 Å². The van der Waals surface area contributed by atoms with E-state index in [0.29, 0.717) is 41.4 Å². The van der Waals surface area contributed by atoms with Gasteiger partial charge in [-0.05, 0) is 48.9 Å². The Balaban J connectivity index is 1.40. The van der Waals surface area contributed by atoms with Crippen molar-refractivity contribution in [2.24, 2.45) is 0 Å². The van der Waals surface area contributed by atoms with Gasteiger partial charge in [0.05, 0.1) is 12.2 Å². The third-order valence-corrected chi connectivity index (χ3v) is 6.43. The van der Waals surface area contributed by atoms with Gasteiger partial charge in [0.2, 0.25) is 5.89 Å². The molecule has 2 heterocycles. The van der Waals surface area contributed by atoms with Crippen molar-refractivity contribution in [3.8, 4) is 11.5 Å². The second kappa shape index (κ2) is 10.2. The third-order valence-electron chi connectivity index (χ3n) is 6.43. The van der Waals surface area contributed by atoms with Gasteiger partial charge < -0.3 is 14.6 Å². The number of fused-ring (bicyclic) bond motifs is 1. The van der Waals surface area contributed by atoms with E-state index in [9.17, 15) is 27.2 Å². The molecule has 7 nitrogen and oxygen atoms in total. The number of amides is 3. The van der Waals surface area contributed by atoms with Crippen molar-refractivity contribution in [3.63, 3.8) is 0 Å². The maximum absolute atomic E-state index is 14.0. The van der Waals surface area contributed by atoms with E-state index < -0.39 is 41.3 Å². The minimum absolute atomic E-state index is 0.0315. The third kappa shape index (κ3) is 5.20. The van der Waals surface area contributed by atoms with E-state index in [1.807, 2.05) is 0 Å². The van der Waals surface area contributed by atoms with Crippen LogP contribution in [-0.4, -0.2) is 28.9 Å². The first-order valence-corrected chi connectivity index (χ1v) is 11.9. The summed E-state index contributed by atoms with van der Waals surface area (Å²) in [5, 5.41) is 2.43. The summed E-state index contributed by atoms with van der Waals surface area (Å²) in [5.74, 6) is -3.57. The van der Waals surface area contributed by atoms with Crippen molar-refractivity contribution in [2.45, 2.75) is 26.6 Å². The first-order chi connectivity index (χ1) is 18.6. The SMILES string of the molecule is Cc1oc(-c2ccc(F)cc2)nc1CN1C(=O)N(C)Cc2ccc(C(=O)NCc3c(F)cc(F)cc3F)cc21. The van der Waals surface area contributed by atoms with E-state index in [1.54, 1.807) is 26.1 Å². The molecule has 5 rings (SSSR count). The van der Waals surface area contributed by atoms with Crippen LogP contribution in [0.15, 0.2) is 59.0 Å². The number of nitrogens with zero attached hydrogens (tertiary/aromatic N) is 3. The van der Waals surface area contributed by atoms with E-state index in [2.05, 4.69) is 10.3 Å². The van der Waals surface area contributed by atoms with Crippen LogP contribution in [0.5, 0.6) is 0 Å². The number of oxazole rings is 1. The van der Waals surface area contributed by atoms with E-state index >= 15 is 0 Å². The number of halogens is 4. The number of carbonyl (C=O) groups is 2. The van der Waals surface area contributed by atoms with Crippen LogP contribution in [0.2, 0.25) is 0 Å². The molecule has 39 heavy (non-hydrogen) atoms. The largest absolute Gasteiger partial charge is 0.441 e. The lowest BCUT2D eigenvalue weighted by atomic mass is 10.0. The maximum Gasteiger partial charge on any atom is 0.324 e. The fourth-order valence-corrected chi connectivity index (χ4v) is 4.33. The highest BCUT2D eigenvalue weighted by atomic mass is 19.1. The lowest BCUT2D eigenvalue weighted by Gasteiger charge is -2.35. The quantitative estimate of drug-likeness (QED) is 0.319. The van der Waals surface area contributed by atoms with E-state index in [4.69, 9.17) is 4.42 Å². The standard InChI is InChI=1S/C28H22F4N4O3/c1-15-24(34-27(39-15)16-5-7-19(29)8-6-16)14-36-25-9-17(3-4-18(25)13-35(2)28(36)38)26(37)33-12-21-22(31)10-20(30)11-23(21)32/h3-11H,12-14H2,1-2H3,(H,33,37). The number of carbonyl (C=O) groups excluding carboxylic acids is 2. The molecule has 0 fully saturated rings. The number of anilines is 1. The molecule has 0 bridgehead atoms. The van der Waals surface area contributed by atoms with Gasteiger partial charge >= 0.3 is 6.03 Å². The number of hydrogen-bond acceptors (Lipinski definition) is 4. The molecular formula is C28H22F4N4O3. The number of rotatable bonds is 6. The Kier molecular flexibility index (Phi) is 6.81. The Bertz CT molecular complexity index is 1560. The molecule has 200 valence electrons. The molecule has 3 aromatic carbocycles. The lowest BCUT2D eigenvalue weighted by Crippen LogP contribution is -2.45. The molecule has 0 unspecified atom stereocenters. The molecule has 11 heteroatoms. The Hall–Kier alpha value is -4.67. The highest BCUT2D eigenvalue weighted by Crippen LogP contribution is 2.32. The number of aryl methyl sites for hydroxylation is 1. The van der Waals surface area contributed by atoms with Crippen LogP contribution < -0.4 is 10.2 Å². The van der Waals surface area contributed by atoms with Gasteiger partial charge in [0.1, 0.15) is 34.7 Å². The van der Waals surface area contributed by atoms with Gasteiger partial charge in [-0.25, -0.2) is 27.3 Å². The summed E-state index contributed by atoms with van der Waals surface area (Å²) in [7, 11) is 1.64. The minimum atomic E-state index is -1.11. The van der Waals surface area contributed by atoms with Gasteiger partial charge in [-0.1, -0.05) is 6.07 Å². The second-order valence-electron chi connectivity index (χ2n) is 9.13. The number of benzene rings is 3. The summed E-state index contributed by atoms with van der Waals surface area (Å²) >= 11 is 0. The van der Waals surface area contributed by atoms with Gasteiger partial charge in [-0.2, -0.15) is 0 Å². The average Bonchev–Trinajstić information content (AvgIpc) is 3.26. The predicted octanol–water partition coefficient (Wildman–Crippen LogP) is 5.71. The van der Waals surface area contributed by atoms with E-state index in [1.165, 1.54) is 40.1 Å². The topological polar surface area (TPSA) is 78.7 Å². The highest BCUT2D eigenvalue weighted by molar-refractivity contribution is 5.99. The molecule has 4 aromatic rings. The maximum atomic E-state index is 14.0. The Labute approximate surface area is 220 Å². The van der Waals surface area contributed by atoms with Gasteiger partial charge in [0.25, 0.3) is 5.91 Å². The van der Waals surface area contributed by atoms with Crippen LogP contribution in [0.1, 0.15) is 32.9 Å². The molecule has 3 amide bonds. The summed E-state index contributed by atoms with van der Waals surface area (Å²) in [6.45, 7) is 1.54. The molecule has 0 spiro atoms. The highest BCUT2D eigenvalue weighted by Gasteiger charge is 2.30. The zero-order valence-corrected chi connectivity index (χ0v) is 20.9. The first kappa shape index (κ1) is 26.0. The fraction of sp³-hybridized carbons (Fsp3) is 0.179. The first-order valence-electron chi connectivity index (χ1n) is 11.9. The molecule has 0 radical (unpaired) electrons. The predicted molar refractivity (Wildman–Crippen MR) is 134 cm³/mol. The zero-order chi connectivity index (χ0) is 27.8. The van der Waals surface area contributed by atoms with E-state index in [-0.39, 0.29) is 24.0 Å². The summed E-state index contributed by atoms with van der Waals surface area (Å²) in [5.41, 5.74) is 1.96. The van der Waals surface area contributed by atoms with Crippen molar-refractivity contribution in [3.05, 3.63) is 106 Å². The Morgan fingerprint density at radius 2 is 1.69 bits per heavy atom. The van der Waals surface area contributed by atoms with Crippen molar-refractivity contribution in [2.75, 3.05) is 11.9 Å². The average molecular weight is 539 g/mol. The minimum Gasteiger partial charge on any atom is -0.441 e. The number of aromatic nitrogens is 1. The lowest BCUT2D eigenvalue weighted by molar-refractivity contribution is 0.0950. The molecule has 1 N–H and O–H groups in total. The molecule has 0 saturated heterocycles. The van der Waals surface area contributed by atoms with Crippen molar-refractivity contribution in [1.29, 1.82) is 0 Å². The Morgan fingerprint density at radius 3 is 2.38 bits per heavy atom. The summed E-state index contributed by atoms with van der Waals surface area (Å²) in [4.78, 5) is 33.5.